The molecule has 6 heteroatoms. The number of rotatable bonds is 4. The molecule has 0 amide bonds. The van der Waals surface area contributed by atoms with E-state index in [4.69, 9.17) is 5.73 Å². The van der Waals surface area contributed by atoms with Crippen LogP contribution in [0.1, 0.15) is 11.1 Å². The molecule has 4 rings (SSSR count). The average Bonchev–Trinajstić information content (AvgIpc) is 2.66. The van der Waals surface area contributed by atoms with Crippen LogP contribution in [0, 0.1) is 6.92 Å². The van der Waals surface area contributed by atoms with E-state index in [1.54, 1.807) is 17.0 Å². The van der Waals surface area contributed by atoms with Gasteiger partial charge in [-0.25, -0.2) is 9.97 Å². The maximum atomic E-state index is 12.9. The van der Waals surface area contributed by atoms with E-state index in [1.165, 1.54) is 0 Å². The molecule has 134 valence electrons. The summed E-state index contributed by atoms with van der Waals surface area (Å²) in [5, 5.41) is 4.30. The topological polar surface area (TPSA) is 85.8 Å². The lowest BCUT2D eigenvalue weighted by Gasteiger charge is -2.11. The Labute approximate surface area is 156 Å². The van der Waals surface area contributed by atoms with E-state index in [9.17, 15) is 4.79 Å². The normalized spacial score (nSPS) is 10.9. The fourth-order valence-electron chi connectivity index (χ4n) is 2.97. The molecule has 3 N–H and O–H groups in total. The smallest absolute Gasteiger partial charge is 0.262 e. The van der Waals surface area contributed by atoms with Crippen LogP contribution in [0.15, 0.2) is 71.8 Å². The van der Waals surface area contributed by atoms with E-state index in [0.29, 0.717) is 23.6 Å². The predicted octanol–water partition coefficient (Wildman–Crippen LogP) is 3.47. The Balaban J connectivity index is 1.70. The molecule has 1 aromatic carbocycles. The molecule has 0 fully saturated rings. The average molecular weight is 357 g/mol. The number of benzene rings is 1. The van der Waals surface area contributed by atoms with Gasteiger partial charge in [0.05, 0.1) is 11.9 Å². The highest BCUT2D eigenvalue weighted by Gasteiger charge is 2.10. The van der Waals surface area contributed by atoms with Crippen molar-refractivity contribution in [2.45, 2.75) is 13.5 Å². The van der Waals surface area contributed by atoms with E-state index in [2.05, 4.69) is 15.3 Å². The Morgan fingerprint density at radius 1 is 1.07 bits per heavy atom. The van der Waals surface area contributed by atoms with Gasteiger partial charge in [-0.2, -0.15) is 0 Å². The van der Waals surface area contributed by atoms with Crippen LogP contribution >= 0.6 is 0 Å². The Bertz CT molecular complexity index is 1150. The van der Waals surface area contributed by atoms with Gasteiger partial charge < -0.3 is 15.6 Å². The maximum absolute atomic E-state index is 12.9. The fraction of sp³-hybridized carbons (Fsp3) is 0.0952. The monoisotopic (exact) mass is 357 g/mol. The van der Waals surface area contributed by atoms with Gasteiger partial charge in [0.25, 0.3) is 5.56 Å². The molecule has 0 aliphatic carbocycles. The fourth-order valence-corrected chi connectivity index (χ4v) is 2.97. The van der Waals surface area contributed by atoms with Crippen LogP contribution in [-0.4, -0.2) is 14.5 Å². The minimum Gasteiger partial charge on any atom is -0.383 e. The lowest BCUT2D eigenvalue weighted by molar-refractivity contribution is 0.768. The number of nitrogens with two attached hydrogens (primary N) is 1. The van der Waals surface area contributed by atoms with Crippen molar-refractivity contribution in [2.24, 2.45) is 0 Å². The Hall–Kier alpha value is -3.67. The highest BCUT2D eigenvalue weighted by atomic mass is 16.1. The van der Waals surface area contributed by atoms with Gasteiger partial charge in [0.1, 0.15) is 17.5 Å². The van der Waals surface area contributed by atoms with Gasteiger partial charge in [0.2, 0.25) is 0 Å². The molecule has 0 bridgehead atoms. The van der Waals surface area contributed by atoms with Gasteiger partial charge in [0, 0.05) is 12.4 Å². The molecule has 0 saturated heterocycles. The first-order valence-electron chi connectivity index (χ1n) is 8.63. The standard InChI is InChI=1S/C21H19N5O/c1-14-7-8-17(23-12-14)24-18-11-16-9-10-26(13-15-5-3-2-4-6-15)21(27)19(16)20(22)25-18/h2-12H,13H2,1H3,(H3,22,23,24,25). The van der Waals surface area contributed by atoms with E-state index in [1.807, 2.05) is 61.5 Å². The molecule has 4 aromatic rings. The van der Waals surface area contributed by atoms with Gasteiger partial charge in [-0.3, -0.25) is 4.79 Å². The third-order valence-electron chi connectivity index (χ3n) is 4.35. The zero-order chi connectivity index (χ0) is 18.8. The number of aromatic nitrogens is 3. The number of pyridine rings is 3. The van der Waals surface area contributed by atoms with Gasteiger partial charge in [-0.15, -0.1) is 0 Å². The Kier molecular flexibility index (Phi) is 4.30. The van der Waals surface area contributed by atoms with Crippen LogP contribution in [0.25, 0.3) is 10.8 Å². The summed E-state index contributed by atoms with van der Waals surface area (Å²) in [5.41, 5.74) is 8.09. The van der Waals surface area contributed by atoms with Crippen LogP contribution in [0.4, 0.5) is 17.5 Å². The summed E-state index contributed by atoms with van der Waals surface area (Å²) < 4.78 is 1.64. The second-order valence-corrected chi connectivity index (χ2v) is 6.44. The van der Waals surface area contributed by atoms with Gasteiger partial charge in [-0.05, 0) is 41.6 Å². The summed E-state index contributed by atoms with van der Waals surface area (Å²) in [5.74, 6) is 1.43. The first kappa shape index (κ1) is 16.8. The molecule has 0 atom stereocenters. The van der Waals surface area contributed by atoms with Crippen LogP contribution in [-0.2, 0) is 6.54 Å². The number of hydrogen-bond donors (Lipinski definition) is 2. The summed E-state index contributed by atoms with van der Waals surface area (Å²) >= 11 is 0. The molecule has 3 heterocycles. The number of fused-ring (bicyclic) bond motifs is 1. The van der Waals surface area contributed by atoms with Crippen molar-refractivity contribution in [2.75, 3.05) is 11.1 Å². The molecule has 3 aromatic heterocycles. The SMILES string of the molecule is Cc1ccc(Nc2cc3ccn(Cc4ccccc4)c(=O)c3c(N)n2)nc1. The minimum absolute atomic E-state index is 0.152. The number of nitrogens with zero attached hydrogens (tertiary/aromatic N) is 3. The van der Waals surface area contributed by atoms with Crippen LogP contribution in [0.3, 0.4) is 0 Å². The molecular formula is C21H19N5O. The third kappa shape index (κ3) is 3.50. The predicted molar refractivity (Wildman–Crippen MR) is 108 cm³/mol. The molecule has 0 aliphatic rings. The van der Waals surface area contributed by atoms with Crippen molar-refractivity contribution in [1.82, 2.24) is 14.5 Å². The van der Waals surface area contributed by atoms with Crippen molar-refractivity contribution >= 4 is 28.2 Å². The molecule has 6 nitrogen and oxygen atoms in total. The second-order valence-electron chi connectivity index (χ2n) is 6.44. The first-order valence-corrected chi connectivity index (χ1v) is 8.63. The van der Waals surface area contributed by atoms with Crippen molar-refractivity contribution in [3.63, 3.8) is 0 Å². The highest BCUT2D eigenvalue weighted by Crippen LogP contribution is 2.22. The van der Waals surface area contributed by atoms with Crippen LogP contribution in [0.5, 0.6) is 0 Å². The zero-order valence-corrected chi connectivity index (χ0v) is 14.9. The molecule has 27 heavy (non-hydrogen) atoms. The largest absolute Gasteiger partial charge is 0.383 e. The van der Waals surface area contributed by atoms with Crippen molar-refractivity contribution in [3.05, 3.63) is 88.5 Å². The Morgan fingerprint density at radius 3 is 2.63 bits per heavy atom. The lowest BCUT2D eigenvalue weighted by Crippen LogP contribution is -2.21. The number of aryl methyl sites for hydroxylation is 1. The Morgan fingerprint density at radius 2 is 1.89 bits per heavy atom. The molecule has 0 radical (unpaired) electrons. The molecule has 0 aliphatic heterocycles. The summed E-state index contributed by atoms with van der Waals surface area (Å²) in [6, 6.07) is 17.3. The van der Waals surface area contributed by atoms with E-state index in [0.717, 1.165) is 16.5 Å². The summed E-state index contributed by atoms with van der Waals surface area (Å²) in [6.07, 6.45) is 3.56. The van der Waals surface area contributed by atoms with Crippen LogP contribution < -0.4 is 16.6 Å². The number of nitrogens with one attached hydrogen (secondary N) is 1. The van der Waals surface area contributed by atoms with Gasteiger partial charge >= 0.3 is 0 Å². The van der Waals surface area contributed by atoms with Crippen molar-refractivity contribution in [3.8, 4) is 0 Å². The summed E-state index contributed by atoms with van der Waals surface area (Å²) in [6.45, 7) is 2.46. The van der Waals surface area contributed by atoms with Gasteiger partial charge in [-0.1, -0.05) is 36.4 Å². The second kappa shape index (κ2) is 6.92. The van der Waals surface area contributed by atoms with E-state index < -0.39 is 0 Å². The zero-order valence-electron chi connectivity index (χ0n) is 14.9. The van der Waals surface area contributed by atoms with E-state index >= 15 is 0 Å². The lowest BCUT2D eigenvalue weighted by atomic mass is 10.2. The maximum Gasteiger partial charge on any atom is 0.262 e. The van der Waals surface area contributed by atoms with E-state index in [-0.39, 0.29) is 11.4 Å². The highest BCUT2D eigenvalue weighted by molar-refractivity contribution is 5.92. The molecule has 0 spiro atoms. The first-order chi connectivity index (χ1) is 13.1. The molecule has 0 saturated carbocycles. The summed E-state index contributed by atoms with van der Waals surface area (Å²) in [7, 11) is 0. The molecular weight excluding hydrogens is 338 g/mol. The van der Waals surface area contributed by atoms with Crippen LogP contribution in [0.2, 0.25) is 0 Å². The van der Waals surface area contributed by atoms with Crippen molar-refractivity contribution in [1.29, 1.82) is 0 Å². The quantitative estimate of drug-likeness (QED) is 0.584. The minimum atomic E-state index is -0.152. The van der Waals surface area contributed by atoms with Gasteiger partial charge in [0.15, 0.2) is 0 Å². The number of nitrogen functional groups attached to an aromatic ring is 1. The number of anilines is 3. The molecule has 0 unspecified atom stereocenters. The third-order valence-corrected chi connectivity index (χ3v) is 4.35. The number of hydrogen-bond acceptors (Lipinski definition) is 5. The summed E-state index contributed by atoms with van der Waals surface area (Å²) in [4.78, 5) is 21.5. The van der Waals surface area contributed by atoms with Crippen molar-refractivity contribution < 1.29 is 0 Å².